The number of carbonyl (C=O) groups is 1. The van der Waals surface area contributed by atoms with Crippen molar-refractivity contribution < 1.29 is 30.8 Å². The Morgan fingerprint density at radius 1 is 1.24 bits per heavy atom. The van der Waals surface area contributed by atoms with Crippen molar-refractivity contribution in [3.8, 4) is 0 Å². The van der Waals surface area contributed by atoms with E-state index in [4.69, 9.17) is 9.15 Å². The molecule has 0 aliphatic carbocycles. The molecule has 1 aliphatic heterocycles. The number of ether oxygens (including phenoxy) is 1. The molecular formula is C17H19N3O7S2. The zero-order valence-electron chi connectivity index (χ0n) is 15.8. The molecule has 29 heavy (non-hydrogen) atoms. The van der Waals surface area contributed by atoms with Gasteiger partial charge in [0.25, 0.3) is 20.0 Å². The number of fused-ring (bicyclic) bond motifs is 1. The second kappa shape index (κ2) is 7.61. The molecule has 0 radical (unpaired) electrons. The van der Waals surface area contributed by atoms with Gasteiger partial charge in [-0.25, -0.2) is 25.9 Å². The van der Waals surface area contributed by atoms with Crippen LogP contribution in [-0.4, -0.2) is 53.1 Å². The van der Waals surface area contributed by atoms with E-state index in [-0.39, 0.29) is 28.2 Å². The monoisotopic (exact) mass is 441 g/mol. The number of hydrogen-bond donors (Lipinski definition) is 1. The molecule has 0 saturated carbocycles. The van der Waals surface area contributed by atoms with Gasteiger partial charge in [0.15, 0.2) is 0 Å². The van der Waals surface area contributed by atoms with Crippen LogP contribution in [0.2, 0.25) is 0 Å². The first-order valence-corrected chi connectivity index (χ1v) is 11.3. The zero-order chi connectivity index (χ0) is 21.4. The molecule has 0 bridgehead atoms. The first-order valence-electron chi connectivity index (χ1n) is 8.40. The molecule has 3 rings (SSSR count). The van der Waals surface area contributed by atoms with Crippen molar-refractivity contribution in [2.24, 2.45) is 4.99 Å². The lowest BCUT2D eigenvalue weighted by Crippen LogP contribution is -2.26. The van der Waals surface area contributed by atoms with E-state index in [0.717, 1.165) is 4.31 Å². The summed E-state index contributed by atoms with van der Waals surface area (Å²) in [6, 6.07) is 7.94. The number of nitrogens with one attached hydrogen (secondary N) is 1. The van der Waals surface area contributed by atoms with Gasteiger partial charge in [0.2, 0.25) is 5.09 Å². The molecule has 10 nitrogen and oxygen atoms in total. The van der Waals surface area contributed by atoms with Gasteiger partial charge >= 0.3 is 5.97 Å². The summed E-state index contributed by atoms with van der Waals surface area (Å²) in [7, 11) is -4.70. The van der Waals surface area contributed by atoms with E-state index < -0.39 is 32.1 Å². The van der Waals surface area contributed by atoms with Gasteiger partial charge in [0.05, 0.1) is 4.90 Å². The Kier molecular flexibility index (Phi) is 5.52. The molecule has 1 aromatic heterocycles. The molecule has 0 unspecified atom stereocenters. The zero-order valence-corrected chi connectivity index (χ0v) is 17.5. The minimum absolute atomic E-state index is 0.0578. The van der Waals surface area contributed by atoms with Crippen LogP contribution in [0.1, 0.15) is 18.2 Å². The van der Waals surface area contributed by atoms with Crippen molar-refractivity contribution in [3.63, 3.8) is 0 Å². The lowest BCUT2D eigenvalue weighted by molar-refractivity contribution is -0.146. The van der Waals surface area contributed by atoms with E-state index in [0.29, 0.717) is 5.56 Å². The maximum atomic E-state index is 12.2. The molecule has 0 spiro atoms. The van der Waals surface area contributed by atoms with Crippen LogP contribution in [0.5, 0.6) is 0 Å². The van der Waals surface area contributed by atoms with Gasteiger partial charge in [-0.05, 0) is 31.2 Å². The summed E-state index contributed by atoms with van der Waals surface area (Å²) in [4.78, 5) is 16.4. The van der Waals surface area contributed by atoms with Gasteiger partial charge in [-0.15, -0.1) is 0 Å². The molecule has 2 aromatic rings. The molecule has 0 amide bonds. The second-order valence-corrected chi connectivity index (χ2v) is 10.1. The molecule has 1 aliphatic rings. The van der Waals surface area contributed by atoms with E-state index in [1.54, 1.807) is 18.2 Å². The molecule has 0 fully saturated rings. The topological polar surface area (TPSA) is 135 Å². The largest absolute Gasteiger partial charge is 0.456 e. The minimum atomic E-state index is -3.73. The summed E-state index contributed by atoms with van der Waals surface area (Å²) in [5.74, 6) is -0.526. The number of hydrogen-bond acceptors (Lipinski definition) is 8. The lowest BCUT2D eigenvalue weighted by atomic mass is 10.2. The lowest BCUT2D eigenvalue weighted by Gasteiger charge is -2.09. The number of carbonyl (C=O) groups excluding carboxylic acids is 1. The molecule has 1 N–H and O–H groups in total. The molecule has 2 heterocycles. The third-order valence-corrected chi connectivity index (χ3v) is 7.14. The highest BCUT2D eigenvalue weighted by atomic mass is 32.2. The van der Waals surface area contributed by atoms with Crippen molar-refractivity contribution in [1.29, 1.82) is 0 Å². The van der Waals surface area contributed by atoms with Gasteiger partial charge in [-0.2, -0.15) is 0 Å². The van der Waals surface area contributed by atoms with Crippen LogP contribution in [0.3, 0.4) is 0 Å². The standard InChI is InChI=1S/C17H19N3O7S2/c1-11(18-16-13-6-4-5-7-14(13)28(22,23)19-16)17(21)26-10-12-8-9-15(27-12)29(24,25)20(2)3/h4-9,11H,10H2,1-3H3,(H,18,19)/t11-/m0/s1. The number of furan rings is 1. The summed E-state index contributed by atoms with van der Waals surface area (Å²) >= 11 is 0. The fourth-order valence-electron chi connectivity index (χ4n) is 2.49. The highest BCUT2D eigenvalue weighted by molar-refractivity contribution is 7.90. The Hall–Kier alpha value is -2.70. The summed E-state index contributed by atoms with van der Waals surface area (Å²) in [6.45, 7) is 1.16. The Labute approximate surface area is 168 Å². The Bertz CT molecular complexity index is 1180. The average molecular weight is 441 g/mol. The fourth-order valence-corrected chi connectivity index (χ4v) is 4.54. The molecule has 156 valence electrons. The van der Waals surface area contributed by atoms with Crippen molar-refractivity contribution in [2.45, 2.75) is 29.6 Å². The number of sulfonamides is 2. The second-order valence-electron chi connectivity index (χ2n) is 6.37. The third kappa shape index (κ3) is 4.18. The van der Waals surface area contributed by atoms with Gasteiger partial charge in [0.1, 0.15) is 24.2 Å². The van der Waals surface area contributed by atoms with Crippen LogP contribution in [0.15, 0.2) is 55.8 Å². The van der Waals surface area contributed by atoms with E-state index >= 15 is 0 Å². The average Bonchev–Trinajstić information content (AvgIpc) is 3.23. The summed E-state index contributed by atoms with van der Waals surface area (Å²) in [6.07, 6.45) is 0. The molecule has 12 heteroatoms. The van der Waals surface area contributed by atoms with Crippen LogP contribution in [-0.2, 0) is 36.2 Å². The van der Waals surface area contributed by atoms with Crippen LogP contribution in [0, 0.1) is 0 Å². The molecule has 1 atom stereocenters. The molecular weight excluding hydrogens is 422 g/mol. The summed E-state index contributed by atoms with van der Waals surface area (Å²) < 4.78 is 61.8. The summed E-state index contributed by atoms with van der Waals surface area (Å²) in [5, 5.41) is -0.265. The van der Waals surface area contributed by atoms with Crippen molar-refractivity contribution in [2.75, 3.05) is 14.1 Å². The minimum Gasteiger partial charge on any atom is -0.456 e. The number of esters is 1. The summed E-state index contributed by atoms with van der Waals surface area (Å²) in [5.41, 5.74) is 0.372. The number of rotatable bonds is 6. The predicted octanol–water partition coefficient (Wildman–Crippen LogP) is 0.700. The normalized spacial score (nSPS) is 17.7. The van der Waals surface area contributed by atoms with Crippen LogP contribution >= 0.6 is 0 Å². The van der Waals surface area contributed by atoms with E-state index in [1.165, 1.54) is 39.2 Å². The fraction of sp³-hybridized carbons (Fsp3) is 0.294. The highest BCUT2D eigenvalue weighted by Gasteiger charge is 2.31. The van der Waals surface area contributed by atoms with E-state index in [9.17, 15) is 21.6 Å². The van der Waals surface area contributed by atoms with Crippen LogP contribution in [0.4, 0.5) is 0 Å². The number of benzene rings is 1. The number of nitrogens with zero attached hydrogens (tertiary/aromatic N) is 2. The number of amidine groups is 1. The quantitative estimate of drug-likeness (QED) is 0.652. The van der Waals surface area contributed by atoms with E-state index in [2.05, 4.69) is 9.71 Å². The Balaban J connectivity index is 1.69. The first kappa shape index (κ1) is 21.0. The smallest absolute Gasteiger partial charge is 0.331 e. The van der Waals surface area contributed by atoms with Crippen molar-refractivity contribution >= 4 is 31.9 Å². The third-order valence-electron chi connectivity index (χ3n) is 4.06. The van der Waals surface area contributed by atoms with Gasteiger partial charge in [-0.1, -0.05) is 12.1 Å². The maximum absolute atomic E-state index is 12.2. The van der Waals surface area contributed by atoms with Crippen molar-refractivity contribution in [1.82, 2.24) is 9.03 Å². The first-order chi connectivity index (χ1) is 13.5. The van der Waals surface area contributed by atoms with Gasteiger partial charge < -0.3 is 9.15 Å². The maximum Gasteiger partial charge on any atom is 0.331 e. The predicted molar refractivity (Wildman–Crippen MR) is 102 cm³/mol. The number of aliphatic imine (C=N–C) groups is 1. The van der Waals surface area contributed by atoms with Gasteiger partial charge in [0, 0.05) is 19.7 Å². The Morgan fingerprint density at radius 2 is 1.93 bits per heavy atom. The Morgan fingerprint density at radius 3 is 2.62 bits per heavy atom. The van der Waals surface area contributed by atoms with E-state index in [1.807, 2.05) is 0 Å². The SMILES string of the molecule is C[C@H](N=C1NS(=O)(=O)c2ccccc21)C(=O)OCc1ccc(S(=O)(=O)N(C)C)o1. The molecule has 0 saturated heterocycles. The van der Waals surface area contributed by atoms with Gasteiger partial charge in [-0.3, -0.25) is 9.71 Å². The van der Waals surface area contributed by atoms with Crippen LogP contribution in [0.25, 0.3) is 0 Å². The van der Waals surface area contributed by atoms with Crippen molar-refractivity contribution in [3.05, 3.63) is 47.7 Å². The van der Waals surface area contributed by atoms with Crippen LogP contribution < -0.4 is 4.72 Å². The molecule has 1 aromatic carbocycles. The highest BCUT2D eigenvalue weighted by Crippen LogP contribution is 2.23.